The van der Waals surface area contributed by atoms with Gasteiger partial charge in [-0.25, -0.2) is 0 Å². The Morgan fingerprint density at radius 1 is 1.32 bits per heavy atom. The summed E-state index contributed by atoms with van der Waals surface area (Å²) in [5.41, 5.74) is 0. The Labute approximate surface area is 116 Å². The number of hydrogen-bond donors (Lipinski definition) is 1. The zero-order valence-corrected chi connectivity index (χ0v) is 12.2. The predicted molar refractivity (Wildman–Crippen MR) is 74.1 cm³/mol. The van der Waals surface area contributed by atoms with Gasteiger partial charge in [0.05, 0.1) is 23.5 Å². The Kier molecular flexibility index (Phi) is 6.18. The van der Waals surface area contributed by atoms with E-state index in [1.807, 2.05) is 0 Å². The highest BCUT2D eigenvalue weighted by molar-refractivity contribution is 7.86. The quantitative estimate of drug-likeness (QED) is 0.808. The van der Waals surface area contributed by atoms with Crippen LogP contribution in [0.3, 0.4) is 0 Å². The normalized spacial score (nSPS) is 15.8. The summed E-state index contributed by atoms with van der Waals surface area (Å²) in [6.07, 6.45) is -1.000. The Morgan fingerprint density at radius 2 is 1.89 bits per heavy atom. The van der Waals surface area contributed by atoms with Crippen molar-refractivity contribution in [2.45, 2.75) is 37.0 Å². The smallest absolute Gasteiger partial charge is 0.324 e. The number of aliphatic hydroxyl groups excluding tert-OH is 1. The Hall–Kier alpha value is -1.20. The SMILES string of the molecule is CCOC(=O)C(C(O)C(C)C)S(=O)c1ccccc1. The van der Waals surface area contributed by atoms with Gasteiger partial charge in [0.1, 0.15) is 0 Å². The van der Waals surface area contributed by atoms with Crippen molar-refractivity contribution in [3.63, 3.8) is 0 Å². The molecule has 106 valence electrons. The Morgan fingerprint density at radius 3 is 2.37 bits per heavy atom. The fraction of sp³-hybridized carbons (Fsp3) is 0.500. The summed E-state index contributed by atoms with van der Waals surface area (Å²) in [6.45, 7) is 5.44. The van der Waals surface area contributed by atoms with E-state index in [9.17, 15) is 14.1 Å². The first-order chi connectivity index (χ1) is 8.99. The van der Waals surface area contributed by atoms with Gasteiger partial charge in [0.2, 0.25) is 0 Å². The molecule has 4 nitrogen and oxygen atoms in total. The molecule has 1 N–H and O–H groups in total. The van der Waals surface area contributed by atoms with Gasteiger partial charge in [-0.1, -0.05) is 32.0 Å². The molecule has 0 saturated carbocycles. The third-order valence-electron chi connectivity index (χ3n) is 2.72. The molecule has 0 radical (unpaired) electrons. The van der Waals surface area contributed by atoms with Crippen LogP contribution in [-0.4, -0.2) is 33.2 Å². The molecule has 0 saturated heterocycles. The minimum absolute atomic E-state index is 0.179. The number of esters is 1. The first-order valence-electron chi connectivity index (χ1n) is 6.29. The summed E-state index contributed by atoms with van der Waals surface area (Å²) in [4.78, 5) is 12.4. The van der Waals surface area contributed by atoms with Crippen LogP contribution >= 0.6 is 0 Å². The van der Waals surface area contributed by atoms with E-state index in [4.69, 9.17) is 4.74 Å². The van der Waals surface area contributed by atoms with Gasteiger partial charge in [-0.3, -0.25) is 9.00 Å². The lowest BCUT2D eigenvalue weighted by Gasteiger charge is -2.23. The number of rotatable bonds is 6. The summed E-state index contributed by atoms with van der Waals surface area (Å²) in [5, 5.41) is 9.07. The number of carbonyl (C=O) groups excluding carboxylic acids is 1. The lowest BCUT2D eigenvalue weighted by Crippen LogP contribution is -2.42. The number of hydrogen-bond acceptors (Lipinski definition) is 4. The molecule has 0 aliphatic carbocycles. The van der Waals surface area contributed by atoms with E-state index in [0.717, 1.165) is 0 Å². The van der Waals surface area contributed by atoms with Crippen LogP contribution in [0.5, 0.6) is 0 Å². The topological polar surface area (TPSA) is 63.6 Å². The fourth-order valence-corrected chi connectivity index (χ4v) is 3.16. The van der Waals surface area contributed by atoms with Crippen LogP contribution in [0.15, 0.2) is 35.2 Å². The van der Waals surface area contributed by atoms with Gasteiger partial charge in [-0.05, 0) is 25.0 Å². The maximum Gasteiger partial charge on any atom is 0.324 e. The van der Waals surface area contributed by atoms with Crippen molar-refractivity contribution >= 4 is 16.8 Å². The van der Waals surface area contributed by atoms with Gasteiger partial charge in [-0.2, -0.15) is 0 Å². The van der Waals surface area contributed by atoms with E-state index >= 15 is 0 Å². The lowest BCUT2D eigenvalue weighted by molar-refractivity contribution is -0.145. The molecule has 0 heterocycles. The van der Waals surface area contributed by atoms with Gasteiger partial charge in [0.15, 0.2) is 5.25 Å². The van der Waals surface area contributed by atoms with Gasteiger partial charge < -0.3 is 9.84 Å². The molecule has 3 unspecified atom stereocenters. The van der Waals surface area contributed by atoms with Crippen LogP contribution in [-0.2, 0) is 20.3 Å². The average molecular weight is 284 g/mol. The number of benzene rings is 1. The Bertz CT molecular complexity index is 430. The molecular formula is C14H20O4S. The highest BCUT2D eigenvalue weighted by Gasteiger charge is 2.36. The van der Waals surface area contributed by atoms with Crippen molar-refractivity contribution in [3.8, 4) is 0 Å². The van der Waals surface area contributed by atoms with E-state index in [1.165, 1.54) is 0 Å². The van der Waals surface area contributed by atoms with Crippen LogP contribution in [0.4, 0.5) is 0 Å². The van der Waals surface area contributed by atoms with Crippen molar-refractivity contribution in [2.75, 3.05) is 6.61 Å². The molecule has 5 heteroatoms. The maximum atomic E-state index is 12.5. The first-order valence-corrected chi connectivity index (χ1v) is 7.50. The summed E-state index contributed by atoms with van der Waals surface area (Å²) in [6, 6.07) is 8.65. The van der Waals surface area contributed by atoms with Crippen LogP contribution in [0, 0.1) is 5.92 Å². The van der Waals surface area contributed by atoms with Crippen molar-refractivity contribution in [3.05, 3.63) is 30.3 Å². The molecule has 3 atom stereocenters. The van der Waals surface area contributed by atoms with Gasteiger partial charge in [0.25, 0.3) is 0 Å². The molecule has 0 aliphatic rings. The zero-order chi connectivity index (χ0) is 14.4. The largest absolute Gasteiger partial charge is 0.465 e. The van der Waals surface area contributed by atoms with Crippen LogP contribution in [0.25, 0.3) is 0 Å². The highest BCUT2D eigenvalue weighted by Crippen LogP contribution is 2.19. The van der Waals surface area contributed by atoms with E-state index < -0.39 is 28.1 Å². The second-order valence-corrected chi connectivity index (χ2v) is 6.09. The van der Waals surface area contributed by atoms with Crippen molar-refractivity contribution in [2.24, 2.45) is 5.92 Å². The molecule has 1 rings (SSSR count). The average Bonchev–Trinajstić information content (AvgIpc) is 2.40. The zero-order valence-electron chi connectivity index (χ0n) is 11.4. The van der Waals surface area contributed by atoms with E-state index in [1.54, 1.807) is 51.1 Å². The molecule has 0 aromatic heterocycles. The molecular weight excluding hydrogens is 264 g/mol. The summed E-state index contributed by atoms with van der Waals surface area (Å²) in [7, 11) is -1.63. The molecule has 0 fully saturated rings. The van der Waals surface area contributed by atoms with Crippen LogP contribution in [0.2, 0.25) is 0 Å². The second-order valence-electron chi connectivity index (χ2n) is 4.52. The van der Waals surface area contributed by atoms with Gasteiger partial charge >= 0.3 is 5.97 Å². The molecule has 0 amide bonds. The summed E-state index contributed by atoms with van der Waals surface area (Å²) in [5.74, 6) is -0.798. The van der Waals surface area contributed by atoms with E-state index in [-0.39, 0.29) is 12.5 Å². The van der Waals surface area contributed by atoms with Crippen molar-refractivity contribution in [1.29, 1.82) is 0 Å². The van der Waals surface area contributed by atoms with Crippen molar-refractivity contribution < 1.29 is 18.8 Å². The van der Waals surface area contributed by atoms with Crippen LogP contribution in [0.1, 0.15) is 20.8 Å². The molecule has 0 aliphatic heterocycles. The molecule has 1 aromatic rings. The van der Waals surface area contributed by atoms with E-state index in [0.29, 0.717) is 4.90 Å². The summed E-state index contributed by atoms with van der Waals surface area (Å²) < 4.78 is 17.4. The van der Waals surface area contributed by atoms with Crippen LogP contribution < -0.4 is 0 Å². The van der Waals surface area contributed by atoms with Gasteiger partial charge in [-0.15, -0.1) is 0 Å². The fourth-order valence-electron chi connectivity index (χ4n) is 1.63. The third-order valence-corrected chi connectivity index (χ3v) is 4.39. The highest BCUT2D eigenvalue weighted by atomic mass is 32.2. The molecule has 1 aromatic carbocycles. The standard InChI is InChI=1S/C14H20O4S/c1-4-18-14(16)13(12(15)10(2)3)19(17)11-8-6-5-7-9-11/h5-10,12-13,15H,4H2,1-3H3. The van der Waals surface area contributed by atoms with E-state index in [2.05, 4.69) is 0 Å². The molecule has 19 heavy (non-hydrogen) atoms. The Balaban J connectivity index is 3.03. The maximum absolute atomic E-state index is 12.5. The number of ether oxygens (including phenoxy) is 1. The third kappa shape index (κ3) is 4.14. The molecule has 0 spiro atoms. The van der Waals surface area contributed by atoms with Gasteiger partial charge in [0, 0.05) is 4.90 Å². The number of aliphatic hydroxyl groups is 1. The lowest BCUT2D eigenvalue weighted by atomic mass is 10.0. The monoisotopic (exact) mass is 284 g/mol. The first kappa shape index (κ1) is 15.9. The second kappa shape index (κ2) is 7.40. The summed E-state index contributed by atoms with van der Waals surface area (Å²) >= 11 is 0. The minimum Gasteiger partial charge on any atom is -0.465 e. The minimum atomic E-state index is -1.63. The predicted octanol–water partition coefficient (Wildman–Crippen LogP) is 1.74. The molecule has 0 bridgehead atoms. The van der Waals surface area contributed by atoms with Crippen molar-refractivity contribution in [1.82, 2.24) is 0 Å². The number of carbonyl (C=O) groups is 1.